The Balaban J connectivity index is 2.73. The molecule has 88 valence electrons. The molecule has 17 heavy (non-hydrogen) atoms. The molecule has 0 unspecified atom stereocenters. The highest BCUT2D eigenvalue weighted by molar-refractivity contribution is 7.71. The highest BCUT2D eigenvalue weighted by Gasteiger charge is 2.07. The van der Waals surface area contributed by atoms with Gasteiger partial charge < -0.3 is 0 Å². The van der Waals surface area contributed by atoms with Gasteiger partial charge in [-0.05, 0) is 36.8 Å². The van der Waals surface area contributed by atoms with Crippen LogP contribution in [0.1, 0.15) is 5.56 Å². The predicted molar refractivity (Wildman–Crippen MR) is 72.0 cm³/mol. The molecule has 0 aliphatic heterocycles. The van der Waals surface area contributed by atoms with Gasteiger partial charge in [0.15, 0.2) is 4.77 Å². The minimum atomic E-state index is -0.249. The van der Waals surface area contributed by atoms with Crippen molar-refractivity contribution in [2.24, 2.45) is 0 Å². The van der Waals surface area contributed by atoms with E-state index in [4.69, 9.17) is 35.4 Å². The Morgan fingerprint density at radius 1 is 1.29 bits per heavy atom. The third-order valence-corrected chi connectivity index (χ3v) is 3.32. The van der Waals surface area contributed by atoms with Gasteiger partial charge in [0.25, 0.3) is 5.56 Å². The minimum Gasteiger partial charge on any atom is -0.299 e. The smallest absolute Gasteiger partial charge is 0.251 e. The molecule has 2 rings (SSSR count). The molecule has 0 bridgehead atoms. The summed E-state index contributed by atoms with van der Waals surface area (Å²) in [6.07, 6.45) is 1.56. The summed E-state index contributed by atoms with van der Waals surface area (Å²) in [7, 11) is 0. The summed E-state index contributed by atoms with van der Waals surface area (Å²) in [5.41, 5.74) is 1.28. The van der Waals surface area contributed by atoms with Crippen LogP contribution in [0.4, 0.5) is 0 Å². The number of rotatable bonds is 1. The summed E-state index contributed by atoms with van der Waals surface area (Å²) >= 11 is 17.2. The molecule has 0 spiro atoms. The van der Waals surface area contributed by atoms with E-state index in [0.717, 1.165) is 5.56 Å². The molecule has 0 aliphatic carbocycles. The van der Waals surface area contributed by atoms with Crippen LogP contribution >= 0.6 is 35.4 Å². The molecule has 0 fully saturated rings. The summed E-state index contributed by atoms with van der Waals surface area (Å²) in [6.45, 7) is 1.87. The Hall–Kier alpha value is -1.10. The molecule has 0 saturated carbocycles. The monoisotopic (exact) mass is 286 g/mol. The molecule has 0 atom stereocenters. The van der Waals surface area contributed by atoms with E-state index in [-0.39, 0.29) is 10.3 Å². The van der Waals surface area contributed by atoms with E-state index in [1.807, 2.05) is 6.92 Å². The van der Waals surface area contributed by atoms with Gasteiger partial charge in [0.05, 0.1) is 10.7 Å². The molecule has 0 radical (unpaired) electrons. The highest BCUT2D eigenvalue weighted by atomic mass is 35.5. The number of aryl methyl sites for hydroxylation is 1. The molecule has 1 N–H and O–H groups in total. The summed E-state index contributed by atoms with van der Waals surface area (Å²) in [5.74, 6) is 0. The lowest BCUT2D eigenvalue weighted by molar-refractivity contribution is 0.937. The number of benzene rings is 1. The topological polar surface area (TPSA) is 37.8 Å². The van der Waals surface area contributed by atoms with Crippen LogP contribution in [-0.4, -0.2) is 9.55 Å². The quantitative estimate of drug-likeness (QED) is 0.815. The molecule has 0 aliphatic rings. The Labute approximate surface area is 113 Å². The van der Waals surface area contributed by atoms with Crippen LogP contribution in [0.15, 0.2) is 29.2 Å². The first-order chi connectivity index (χ1) is 7.99. The SMILES string of the molecule is Cc1cc(Cl)c(-n2ccc(=O)[nH]c2=S)cc1Cl. The number of hydrogen-bond donors (Lipinski definition) is 1. The lowest BCUT2D eigenvalue weighted by Crippen LogP contribution is -2.10. The second kappa shape index (κ2) is 4.64. The fourth-order valence-corrected chi connectivity index (χ4v) is 2.15. The largest absolute Gasteiger partial charge is 0.299 e. The van der Waals surface area contributed by atoms with Crippen molar-refractivity contribution >= 4 is 35.4 Å². The van der Waals surface area contributed by atoms with Gasteiger partial charge in [0.1, 0.15) is 0 Å². The molecule has 6 heteroatoms. The Morgan fingerprint density at radius 2 is 2.00 bits per heavy atom. The van der Waals surface area contributed by atoms with E-state index < -0.39 is 0 Å². The molecular formula is C11H8Cl2N2OS. The van der Waals surface area contributed by atoms with Crippen molar-refractivity contribution in [2.45, 2.75) is 6.92 Å². The van der Waals surface area contributed by atoms with Crippen molar-refractivity contribution in [2.75, 3.05) is 0 Å². The lowest BCUT2D eigenvalue weighted by atomic mass is 10.2. The molecule has 1 aromatic heterocycles. The van der Waals surface area contributed by atoms with Crippen LogP contribution in [0.5, 0.6) is 0 Å². The second-order valence-electron chi connectivity index (χ2n) is 3.53. The normalized spacial score (nSPS) is 10.5. The molecule has 1 heterocycles. The van der Waals surface area contributed by atoms with E-state index in [0.29, 0.717) is 15.7 Å². The Kier molecular flexibility index (Phi) is 3.38. The number of nitrogens with zero attached hydrogens (tertiary/aromatic N) is 1. The zero-order chi connectivity index (χ0) is 12.6. The number of halogens is 2. The fourth-order valence-electron chi connectivity index (χ4n) is 1.43. The number of nitrogens with one attached hydrogen (secondary N) is 1. The third kappa shape index (κ3) is 2.44. The molecular weight excluding hydrogens is 279 g/mol. The molecule has 0 amide bonds. The van der Waals surface area contributed by atoms with Crippen LogP contribution in [0.2, 0.25) is 10.0 Å². The van der Waals surface area contributed by atoms with Crippen molar-refractivity contribution in [3.05, 3.63) is 55.1 Å². The van der Waals surface area contributed by atoms with Crippen molar-refractivity contribution in [3.8, 4) is 5.69 Å². The van der Waals surface area contributed by atoms with Gasteiger partial charge in [-0.25, -0.2) is 0 Å². The van der Waals surface area contributed by atoms with Crippen molar-refractivity contribution in [1.82, 2.24) is 9.55 Å². The number of aromatic nitrogens is 2. The average molecular weight is 287 g/mol. The van der Waals surface area contributed by atoms with Gasteiger partial charge in [-0.1, -0.05) is 23.2 Å². The standard InChI is InChI=1S/C11H8Cl2N2OS/c1-6-4-8(13)9(5-7(6)12)15-3-2-10(16)14-11(15)17/h2-5H,1H3,(H,14,16,17). The zero-order valence-electron chi connectivity index (χ0n) is 8.83. The number of hydrogen-bond acceptors (Lipinski definition) is 2. The highest BCUT2D eigenvalue weighted by Crippen LogP contribution is 2.27. The Bertz CT molecular complexity index is 691. The maximum atomic E-state index is 11.1. The Morgan fingerprint density at radius 3 is 2.65 bits per heavy atom. The molecule has 0 saturated heterocycles. The lowest BCUT2D eigenvalue weighted by Gasteiger charge is -2.10. The van der Waals surface area contributed by atoms with Crippen LogP contribution in [0.25, 0.3) is 5.69 Å². The first-order valence-corrected chi connectivity index (χ1v) is 5.93. The predicted octanol–water partition coefficient (Wildman–Crippen LogP) is 3.51. The van der Waals surface area contributed by atoms with Crippen molar-refractivity contribution in [1.29, 1.82) is 0 Å². The van der Waals surface area contributed by atoms with Crippen LogP contribution in [0, 0.1) is 11.7 Å². The summed E-state index contributed by atoms with van der Waals surface area (Å²) in [4.78, 5) is 13.6. The van der Waals surface area contributed by atoms with Gasteiger partial charge >= 0.3 is 0 Å². The van der Waals surface area contributed by atoms with Crippen LogP contribution in [0.3, 0.4) is 0 Å². The van der Waals surface area contributed by atoms with E-state index in [9.17, 15) is 4.79 Å². The maximum Gasteiger partial charge on any atom is 0.251 e. The van der Waals surface area contributed by atoms with E-state index in [1.165, 1.54) is 6.07 Å². The molecule has 3 nitrogen and oxygen atoms in total. The van der Waals surface area contributed by atoms with Gasteiger partial charge in [-0.15, -0.1) is 0 Å². The molecule has 1 aromatic carbocycles. The summed E-state index contributed by atoms with van der Waals surface area (Å²) in [5, 5.41) is 1.12. The van der Waals surface area contributed by atoms with E-state index in [2.05, 4.69) is 4.98 Å². The first-order valence-electron chi connectivity index (χ1n) is 4.77. The third-order valence-electron chi connectivity index (χ3n) is 2.31. The van der Waals surface area contributed by atoms with Gasteiger partial charge in [0, 0.05) is 17.3 Å². The van der Waals surface area contributed by atoms with Crippen molar-refractivity contribution in [3.63, 3.8) is 0 Å². The van der Waals surface area contributed by atoms with Gasteiger partial charge in [-0.2, -0.15) is 0 Å². The number of H-pyrrole nitrogens is 1. The first kappa shape index (κ1) is 12.4. The number of aromatic amines is 1. The second-order valence-corrected chi connectivity index (χ2v) is 4.73. The maximum absolute atomic E-state index is 11.1. The zero-order valence-corrected chi connectivity index (χ0v) is 11.2. The van der Waals surface area contributed by atoms with Gasteiger partial charge in [-0.3, -0.25) is 14.3 Å². The summed E-state index contributed by atoms with van der Waals surface area (Å²) in [6, 6.07) is 4.85. The van der Waals surface area contributed by atoms with E-state index in [1.54, 1.807) is 22.9 Å². The van der Waals surface area contributed by atoms with Crippen molar-refractivity contribution < 1.29 is 0 Å². The fraction of sp³-hybridized carbons (Fsp3) is 0.0909. The average Bonchev–Trinajstić information content (AvgIpc) is 2.24. The van der Waals surface area contributed by atoms with Gasteiger partial charge in [0.2, 0.25) is 0 Å². The summed E-state index contributed by atoms with van der Waals surface area (Å²) < 4.78 is 1.88. The minimum absolute atomic E-state index is 0.249. The van der Waals surface area contributed by atoms with Crippen LogP contribution < -0.4 is 5.56 Å². The molecule has 2 aromatic rings. The van der Waals surface area contributed by atoms with E-state index >= 15 is 0 Å². The van der Waals surface area contributed by atoms with Crippen LogP contribution in [-0.2, 0) is 0 Å².